The van der Waals surface area contributed by atoms with Crippen LogP contribution in [0.4, 0.5) is 4.39 Å². The molecule has 1 rings (SSSR count). The van der Waals surface area contributed by atoms with E-state index in [0.717, 1.165) is 18.5 Å². The van der Waals surface area contributed by atoms with E-state index in [9.17, 15) is 4.39 Å². The lowest BCUT2D eigenvalue weighted by Gasteiger charge is -2.30. The fraction of sp³-hybridized carbons (Fsp3) is 0.625. The summed E-state index contributed by atoms with van der Waals surface area (Å²) >= 11 is 0. The van der Waals surface area contributed by atoms with Crippen molar-refractivity contribution in [3.63, 3.8) is 0 Å². The van der Waals surface area contributed by atoms with Gasteiger partial charge in [-0.25, -0.2) is 4.39 Å². The Morgan fingerprint density at radius 2 is 2.00 bits per heavy atom. The molecule has 0 amide bonds. The number of hydrogen-bond donors (Lipinski definition) is 1. The number of halogens is 1. The van der Waals surface area contributed by atoms with Gasteiger partial charge in [-0.15, -0.1) is 0 Å². The fourth-order valence-corrected chi connectivity index (χ4v) is 2.32. The van der Waals surface area contributed by atoms with E-state index in [1.54, 1.807) is 20.1 Å². The first-order valence-electron chi connectivity index (χ1n) is 7.03. The van der Waals surface area contributed by atoms with Crippen molar-refractivity contribution in [1.29, 1.82) is 0 Å². The molecule has 0 aliphatic rings. The highest BCUT2D eigenvalue weighted by atomic mass is 19.1. The second-order valence-corrected chi connectivity index (χ2v) is 5.38. The molecule has 0 heterocycles. The van der Waals surface area contributed by atoms with Gasteiger partial charge in [-0.3, -0.25) is 0 Å². The van der Waals surface area contributed by atoms with Gasteiger partial charge in [0.1, 0.15) is 5.82 Å². The molecule has 0 saturated carbocycles. The van der Waals surface area contributed by atoms with Gasteiger partial charge in [0.05, 0.1) is 12.1 Å². The number of benzene rings is 1. The Labute approximate surface area is 116 Å². The van der Waals surface area contributed by atoms with Crippen molar-refractivity contribution in [2.75, 3.05) is 13.7 Å². The summed E-state index contributed by atoms with van der Waals surface area (Å²) in [7, 11) is 1.72. The lowest BCUT2D eigenvalue weighted by atomic mass is 9.92. The monoisotopic (exact) mass is 267 g/mol. The smallest absolute Gasteiger partial charge is 0.126 e. The van der Waals surface area contributed by atoms with E-state index in [0.29, 0.717) is 11.5 Å². The Morgan fingerprint density at radius 1 is 1.32 bits per heavy atom. The van der Waals surface area contributed by atoms with Crippen molar-refractivity contribution >= 4 is 0 Å². The van der Waals surface area contributed by atoms with Gasteiger partial charge in [-0.2, -0.15) is 0 Å². The van der Waals surface area contributed by atoms with Crippen LogP contribution in [0.3, 0.4) is 0 Å². The molecular weight excluding hydrogens is 241 g/mol. The van der Waals surface area contributed by atoms with Crippen molar-refractivity contribution in [1.82, 2.24) is 5.32 Å². The second kappa shape index (κ2) is 7.61. The normalized spacial score (nSPS) is 14.7. The highest BCUT2D eigenvalue weighted by Crippen LogP contribution is 2.25. The number of aryl methyl sites for hydroxylation is 1. The molecule has 1 aromatic carbocycles. The first kappa shape index (κ1) is 16.1. The maximum atomic E-state index is 13.8. The third-order valence-corrected chi connectivity index (χ3v) is 3.43. The summed E-state index contributed by atoms with van der Waals surface area (Å²) in [4.78, 5) is 0. The summed E-state index contributed by atoms with van der Waals surface area (Å²) in [6.07, 6.45) is 1.08. The van der Waals surface area contributed by atoms with Crippen molar-refractivity contribution in [2.45, 2.75) is 46.3 Å². The van der Waals surface area contributed by atoms with Crippen LogP contribution in [-0.4, -0.2) is 19.8 Å². The molecule has 2 nitrogen and oxygen atoms in total. The van der Waals surface area contributed by atoms with Gasteiger partial charge in [0.2, 0.25) is 0 Å². The van der Waals surface area contributed by atoms with Gasteiger partial charge in [-0.05, 0) is 43.0 Å². The SMILES string of the molecule is CCCNC(c1ccc(C)c(F)c1)C(OC)C(C)C. The lowest BCUT2D eigenvalue weighted by Crippen LogP contribution is -2.37. The third-order valence-electron chi connectivity index (χ3n) is 3.43. The number of hydrogen-bond acceptors (Lipinski definition) is 2. The summed E-state index contributed by atoms with van der Waals surface area (Å²) in [6.45, 7) is 9.05. The molecule has 0 bridgehead atoms. The van der Waals surface area contributed by atoms with Crippen LogP contribution < -0.4 is 5.32 Å². The average Bonchev–Trinajstić information content (AvgIpc) is 2.37. The van der Waals surface area contributed by atoms with Gasteiger partial charge in [0, 0.05) is 7.11 Å². The van der Waals surface area contributed by atoms with Crippen LogP contribution in [0.15, 0.2) is 18.2 Å². The quantitative estimate of drug-likeness (QED) is 0.810. The molecule has 2 unspecified atom stereocenters. The predicted molar refractivity (Wildman–Crippen MR) is 77.8 cm³/mol. The van der Waals surface area contributed by atoms with Crippen molar-refractivity contribution in [3.8, 4) is 0 Å². The van der Waals surface area contributed by atoms with E-state index in [1.165, 1.54) is 0 Å². The van der Waals surface area contributed by atoms with E-state index in [-0.39, 0.29) is 18.0 Å². The maximum Gasteiger partial charge on any atom is 0.126 e. The molecule has 0 radical (unpaired) electrons. The molecule has 1 aromatic rings. The van der Waals surface area contributed by atoms with Crippen LogP contribution in [0.1, 0.15) is 44.4 Å². The highest BCUT2D eigenvalue weighted by Gasteiger charge is 2.25. The van der Waals surface area contributed by atoms with Crippen LogP contribution in [0, 0.1) is 18.7 Å². The molecule has 0 aliphatic carbocycles. The van der Waals surface area contributed by atoms with E-state index in [4.69, 9.17) is 4.74 Å². The van der Waals surface area contributed by atoms with Crippen molar-refractivity contribution in [3.05, 3.63) is 35.1 Å². The third kappa shape index (κ3) is 4.29. The number of rotatable bonds is 7. The predicted octanol–water partition coefficient (Wildman–Crippen LogP) is 3.85. The molecule has 0 spiro atoms. The molecule has 0 aliphatic heterocycles. The van der Waals surface area contributed by atoms with E-state index in [2.05, 4.69) is 26.1 Å². The van der Waals surface area contributed by atoms with Gasteiger partial charge < -0.3 is 10.1 Å². The van der Waals surface area contributed by atoms with E-state index < -0.39 is 0 Å². The van der Waals surface area contributed by atoms with Crippen LogP contribution in [0.25, 0.3) is 0 Å². The van der Waals surface area contributed by atoms with Gasteiger partial charge in [0.25, 0.3) is 0 Å². The average molecular weight is 267 g/mol. The standard InChI is InChI=1S/C16H26FNO/c1-6-9-18-15(16(19-5)11(2)3)13-8-7-12(4)14(17)10-13/h7-8,10-11,15-16,18H,6,9H2,1-5H3. The van der Waals surface area contributed by atoms with Crippen molar-refractivity contribution < 1.29 is 9.13 Å². The number of nitrogens with one attached hydrogen (secondary N) is 1. The van der Waals surface area contributed by atoms with Gasteiger partial charge in [-0.1, -0.05) is 32.9 Å². The zero-order valence-corrected chi connectivity index (χ0v) is 12.7. The van der Waals surface area contributed by atoms with E-state index >= 15 is 0 Å². The topological polar surface area (TPSA) is 21.3 Å². The summed E-state index contributed by atoms with van der Waals surface area (Å²) < 4.78 is 19.4. The molecule has 0 fully saturated rings. The highest BCUT2D eigenvalue weighted by molar-refractivity contribution is 5.26. The van der Waals surface area contributed by atoms with Crippen LogP contribution in [0.5, 0.6) is 0 Å². The van der Waals surface area contributed by atoms with Gasteiger partial charge >= 0.3 is 0 Å². The Hall–Kier alpha value is -0.930. The van der Waals surface area contributed by atoms with E-state index in [1.807, 2.05) is 12.1 Å². The molecule has 2 atom stereocenters. The van der Waals surface area contributed by atoms with Crippen LogP contribution in [-0.2, 0) is 4.74 Å². The Balaban J connectivity index is 3.03. The summed E-state index contributed by atoms with van der Waals surface area (Å²) in [6, 6.07) is 5.47. The molecule has 19 heavy (non-hydrogen) atoms. The Morgan fingerprint density at radius 3 is 2.47 bits per heavy atom. The summed E-state index contributed by atoms with van der Waals surface area (Å²) in [5.74, 6) is 0.211. The van der Waals surface area contributed by atoms with Crippen LogP contribution in [0.2, 0.25) is 0 Å². The lowest BCUT2D eigenvalue weighted by molar-refractivity contribution is 0.0326. The molecule has 108 valence electrons. The maximum absolute atomic E-state index is 13.8. The molecule has 3 heteroatoms. The minimum Gasteiger partial charge on any atom is -0.379 e. The summed E-state index contributed by atoms with van der Waals surface area (Å²) in [5.41, 5.74) is 1.63. The number of ether oxygens (including phenoxy) is 1. The number of methoxy groups -OCH3 is 1. The van der Waals surface area contributed by atoms with Crippen LogP contribution >= 0.6 is 0 Å². The second-order valence-electron chi connectivity index (χ2n) is 5.38. The van der Waals surface area contributed by atoms with Crippen molar-refractivity contribution in [2.24, 2.45) is 5.92 Å². The zero-order valence-electron chi connectivity index (χ0n) is 12.7. The van der Waals surface area contributed by atoms with Gasteiger partial charge in [0.15, 0.2) is 0 Å². The largest absolute Gasteiger partial charge is 0.379 e. The first-order valence-corrected chi connectivity index (χ1v) is 7.03. The first-order chi connectivity index (χ1) is 9.01. The minimum absolute atomic E-state index is 0.0278. The zero-order chi connectivity index (χ0) is 14.4. The molecular formula is C16H26FNO. The molecule has 0 saturated heterocycles. The summed E-state index contributed by atoms with van der Waals surface area (Å²) in [5, 5.41) is 3.47. The Kier molecular flexibility index (Phi) is 6.46. The molecule has 0 aromatic heterocycles. The Bertz CT molecular complexity index is 392. The fourth-order valence-electron chi connectivity index (χ4n) is 2.32. The molecule has 1 N–H and O–H groups in total. The minimum atomic E-state index is -0.153.